The Morgan fingerprint density at radius 3 is 2.94 bits per heavy atom. The van der Waals surface area contributed by atoms with Crippen molar-refractivity contribution in [3.63, 3.8) is 0 Å². The molecule has 0 bridgehead atoms. The number of methoxy groups -OCH3 is 1. The van der Waals surface area contributed by atoms with Gasteiger partial charge in [-0.2, -0.15) is 0 Å². The van der Waals surface area contributed by atoms with Crippen molar-refractivity contribution in [2.45, 2.75) is 32.9 Å². The second-order valence-electron chi connectivity index (χ2n) is 3.62. The van der Waals surface area contributed by atoms with Crippen molar-refractivity contribution in [2.24, 2.45) is 0 Å². The number of ether oxygens (including phenoxy) is 1. The van der Waals surface area contributed by atoms with Gasteiger partial charge in [-0.3, -0.25) is 0 Å². The molecule has 92 valence electrons. The highest BCUT2D eigenvalue weighted by Crippen LogP contribution is 2.07. The Kier molecular flexibility index (Phi) is 5.81. The third-order valence-corrected chi connectivity index (χ3v) is 2.21. The molecular formula is C10H20N4O2. The van der Waals surface area contributed by atoms with E-state index in [4.69, 9.17) is 9.15 Å². The minimum Gasteiger partial charge on any atom is -0.407 e. The molecule has 2 N–H and O–H groups in total. The molecule has 0 aliphatic rings. The molecule has 0 saturated heterocycles. The second kappa shape index (κ2) is 7.19. The van der Waals surface area contributed by atoms with Crippen LogP contribution in [-0.4, -0.2) is 36.5 Å². The molecule has 1 aromatic heterocycles. The van der Waals surface area contributed by atoms with Crippen molar-refractivity contribution in [1.29, 1.82) is 0 Å². The van der Waals surface area contributed by atoms with Crippen molar-refractivity contribution in [2.75, 3.05) is 25.6 Å². The van der Waals surface area contributed by atoms with Crippen molar-refractivity contribution < 1.29 is 9.15 Å². The number of hydrogen-bond donors (Lipinski definition) is 2. The molecule has 16 heavy (non-hydrogen) atoms. The van der Waals surface area contributed by atoms with Crippen molar-refractivity contribution >= 4 is 6.01 Å². The lowest BCUT2D eigenvalue weighted by Gasteiger charge is -2.07. The number of aromatic nitrogens is 2. The number of rotatable bonds is 8. The Morgan fingerprint density at radius 1 is 1.44 bits per heavy atom. The predicted molar refractivity (Wildman–Crippen MR) is 61.3 cm³/mol. The summed E-state index contributed by atoms with van der Waals surface area (Å²) in [5.74, 6) is 0.585. The average molecular weight is 228 g/mol. The summed E-state index contributed by atoms with van der Waals surface area (Å²) in [5.41, 5.74) is 0. The van der Waals surface area contributed by atoms with Crippen LogP contribution in [0, 0.1) is 0 Å². The third kappa shape index (κ3) is 4.59. The number of hydrogen-bond acceptors (Lipinski definition) is 6. The van der Waals surface area contributed by atoms with Crippen LogP contribution in [0.1, 0.15) is 26.2 Å². The maximum atomic E-state index is 5.40. The first-order valence-electron chi connectivity index (χ1n) is 5.54. The first-order chi connectivity index (χ1) is 7.76. The molecule has 1 aromatic rings. The summed E-state index contributed by atoms with van der Waals surface area (Å²) >= 11 is 0. The Morgan fingerprint density at radius 2 is 2.25 bits per heavy atom. The van der Waals surface area contributed by atoms with E-state index in [1.807, 2.05) is 0 Å². The van der Waals surface area contributed by atoms with Gasteiger partial charge in [-0.1, -0.05) is 12.0 Å². The molecule has 0 aliphatic heterocycles. The van der Waals surface area contributed by atoms with Gasteiger partial charge in [0.2, 0.25) is 5.89 Å². The third-order valence-electron chi connectivity index (χ3n) is 2.21. The average Bonchev–Trinajstić information content (AvgIpc) is 2.72. The van der Waals surface area contributed by atoms with Crippen LogP contribution < -0.4 is 10.6 Å². The summed E-state index contributed by atoms with van der Waals surface area (Å²) in [4.78, 5) is 0. The first kappa shape index (κ1) is 12.9. The van der Waals surface area contributed by atoms with Gasteiger partial charge in [0.25, 0.3) is 0 Å². The lowest BCUT2D eigenvalue weighted by molar-refractivity contribution is 0.198. The van der Waals surface area contributed by atoms with E-state index < -0.39 is 0 Å². The number of anilines is 1. The Hall–Kier alpha value is -1.14. The van der Waals surface area contributed by atoms with Gasteiger partial charge in [-0.25, -0.2) is 0 Å². The largest absolute Gasteiger partial charge is 0.407 e. The molecule has 0 spiro atoms. The fourth-order valence-corrected chi connectivity index (χ4v) is 1.07. The summed E-state index contributed by atoms with van der Waals surface area (Å²) in [5, 5.41) is 14.1. The van der Waals surface area contributed by atoms with Crippen LogP contribution in [0.5, 0.6) is 0 Å². The van der Waals surface area contributed by atoms with Crippen LogP contribution in [0.25, 0.3) is 0 Å². The standard InChI is InChI=1S/C10H20N4O2/c1-4-8(2)12-10-14-13-9(16-10)7-11-5-6-15-3/h8,11H,4-7H2,1-3H3,(H,12,14). The highest BCUT2D eigenvalue weighted by atomic mass is 16.5. The highest BCUT2D eigenvalue weighted by molar-refractivity contribution is 5.18. The van der Waals surface area contributed by atoms with Gasteiger partial charge < -0.3 is 19.8 Å². The maximum Gasteiger partial charge on any atom is 0.315 e. The quantitative estimate of drug-likeness (QED) is 0.647. The molecule has 0 aromatic carbocycles. The molecule has 1 atom stereocenters. The number of nitrogens with one attached hydrogen (secondary N) is 2. The van der Waals surface area contributed by atoms with Crippen molar-refractivity contribution in [3.05, 3.63) is 5.89 Å². The van der Waals surface area contributed by atoms with E-state index in [2.05, 4.69) is 34.7 Å². The molecule has 1 unspecified atom stereocenters. The first-order valence-corrected chi connectivity index (χ1v) is 5.54. The molecule has 0 amide bonds. The van der Waals surface area contributed by atoms with Crippen LogP contribution in [-0.2, 0) is 11.3 Å². The van der Waals surface area contributed by atoms with Crippen LogP contribution in [0.4, 0.5) is 6.01 Å². The molecule has 1 rings (SSSR count). The Labute approximate surface area is 95.8 Å². The minimum atomic E-state index is 0.342. The molecular weight excluding hydrogens is 208 g/mol. The lowest BCUT2D eigenvalue weighted by Crippen LogP contribution is -2.18. The molecule has 0 saturated carbocycles. The SMILES string of the molecule is CCC(C)Nc1nnc(CNCCOC)o1. The summed E-state index contributed by atoms with van der Waals surface area (Å²) in [6, 6.07) is 0.827. The topological polar surface area (TPSA) is 72.2 Å². The molecule has 6 heteroatoms. The number of nitrogens with zero attached hydrogens (tertiary/aromatic N) is 2. The van der Waals surface area contributed by atoms with E-state index in [0.717, 1.165) is 13.0 Å². The molecule has 1 heterocycles. The summed E-state index contributed by atoms with van der Waals surface area (Å²) < 4.78 is 10.3. The summed E-state index contributed by atoms with van der Waals surface area (Å²) in [6.07, 6.45) is 1.02. The van der Waals surface area contributed by atoms with Crippen LogP contribution in [0.15, 0.2) is 4.42 Å². The zero-order chi connectivity index (χ0) is 11.8. The normalized spacial score (nSPS) is 12.7. The van der Waals surface area contributed by atoms with Gasteiger partial charge in [0, 0.05) is 19.7 Å². The van der Waals surface area contributed by atoms with Gasteiger partial charge >= 0.3 is 6.01 Å². The zero-order valence-corrected chi connectivity index (χ0v) is 10.1. The second-order valence-corrected chi connectivity index (χ2v) is 3.62. The van der Waals surface area contributed by atoms with Crippen molar-refractivity contribution in [1.82, 2.24) is 15.5 Å². The van der Waals surface area contributed by atoms with E-state index in [-0.39, 0.29) is 0 Å². The van der Waals surface area contributed by atoms with Gasteiger partial charge in [0.05, 0.1) is 13.2 Å². The van der Waals surface area contributed by atoms with E-state index in [1.165, 1.54) is 0 Å². The van der Waals surface area contributed by atoms with Crippen LogP contribution in [0.2, 0.25) is 0 Å². The maximum absolute atomic E-state index is 5.40. The zero-order valence-electron chi connectivity index (χ0n) is 10.1. The lowest BCUT2D eigenvalue weighted by atomic mass is 10.3. The van der Waals surface area contributed by atoms with Crippen LogP contribution in [0.3, 0.4) is 0 Å². The fraction of sp³-hybridized carbons (Fsp3) is 0.800. The van der Waals surface area contributed by atoms with E-state index in [0.29, 0.717) is 31.1 Å². The fourth-order valence-electron chi connectivity index (χ4n) is 1.07. The van der Waals surface area contributed by atoms with E-state index >= 15 is 0 Å². The van der Waals surface area contributed by atoms with Gasteiger partial charge in [-0.05, 0) is 13.3 Å². The molecule has 0 aliphatic carbocycles. The summed E-state index contributed by atoms with van der Waals surface area (Å²) in [7, 11) is 1.67. The summed E-state index contributed by atoms with van der Waals surface area (Å²) in [6.45, 7) is 6.18. The molecule has 6 nitrogen and oxygen atoms in total. The van der Waals surface area contributed by atoms with Gasteiger partial charge in [0.15, 0.2) is 0 Å². The molecule has 0 fully saturated rings. The van der Waals surface area contributed by atoms with Gasteiger partial charge in [0.1, 0.15) is 0 Å². The van der Waals surface area contributed by atoms with Crippen LogP contribution >= 0.6 is 0 Å². The Balaban J connectivity index is 2.28. The van der Waals surface area contributed by atoms with Crippen molar-refractivity contribution in [3.8, 4) is 0 Å². The predicted octanol–water partition coefficient (Wildman–Crippen LogP) is 1.02. The van der Waals surface area contributed by atoms with E-state index in [9.17, 15) is 0 Å². The smallest absolute Gasteiger partial charge is 0.315 e. The Bertz CT molecular complexity index is 290. The monoisotopic (exact) mass is 228 g/mol. The minimum absolute atomic E-state index is 0.342. The highest BCUT2D eigenvalue weighted by Gasteiger charge is 2.07. The molecule has 0 radical (unpaired) electrons. The van der Waals surface area contributed by atoms with Gasteiger partial charge in [-0.15, -0.1) is 5.10 Å². The van der Waals surface area contributed by atoms with E-state index in [1.54, 1.807) is 7.11 Å².